The largest absolute Gasteiger partial charge is 0.573 e. The number of nitrogens with zero attached hydrogens (tertiary/aromatic N) is 6. The van der Waals surface area contributed by atoms with Gasteiger partial charge in [0.1, 0.15) is 17.9 Å². The number of alkyl halides is 3. The molecular formula is C25H19F3N8O2. The summed E-state index contributed by atoms with van der Waals surface area (Å²) < 4.78 is 43.2. The molecule has 0 aliphatic carbocycles. The Labute approximate surface area is 213 Å². The number of halogens is 3. The third kappa shape index (κ3) is 5.36. The van der Waals surface area contributed by atoms with Gasteiger partial charge in [-0.15, -0.1) is 13.2 Å². The van der Waals surface area contributed by atoms with Gasteiger partial charge in [0.2, 0.25) is 0 Å². The first-order valence-corrected chi connectivity index (χ1v) is 11.2. The zero-order valence-electron chi connectivity index (χ0n) is 20.0. The van der Waals surface area contributed by atoms with Crippen LogP contribution in [-0.2, 0) is 7.05 Å². The van der Waals surface area contributed by atoms with Crippen molar-refractivity contribution >= 4 is 34.1 Å². The standard InChI is InChI=1S/C25H19F3N8O2/c1-14-6-7-15(24(37)32-17-4-3-5-18(9-17)38-25(26,27)28)8-20(14)33-22-19-12-31-36(2)23(19)35-21(34-22)16-10-29-13-30-11-16/h3-13H,1-2H3,(H,32,37)(H,33,34,35). The molecular weight excluding hydrogens is 501 g/mol. The van der Waals surface area contributed by atoms with Gasteiger partial charge < -0.3 is 15.4 Å². The Morgan fingerprint density at radius 1 is 1.03 bits per heavy atom. The first-order valence-electron chi connectivity index (χ1n) is 11.2. The highest BCUT2D eigenvalue weighted by molar-refractivity contribution is 6.05. The fraction of sp³-hybridized carbons (Fsp3) is 0.120. The molecule has 5 aromatic rings. The number of carbonyl (C=O) groups excluding carboxylic acids is 1. The summed E-state index contributed by atoms with van der Waals surface area (Å²) in [4.78, 5) is 30.2. The molecule has 2 N–H and O–H groups in total. The number of amides is 1. The predicted molar refractivity (Wildman–Crippen MR) is 133 cm³/mol. The van der Waals surface area contributed by atoms with Crippen LogP contribution >= 0.6 is 0 Å². The maximum atomic E-state index is 12.9. The molecule has 0 spiro atoms. The number of fused-ring (bicyclic) bond motifs is 1. The molecule has 0 unspecified atom stereocenters. The fourth-order valence-electron chi connectivity index (χ4n) is 3.66. The maximum Gasteiger partial charge on any atom is 0.573 e. The van der Waals surface area contributed by atoms with Crippen molar-refractivity contribution in [2.45, 2.75) is 13.3 Å². The lowest BCUT2D eigenvalue weighted by Gasteiger charge is -2.14. The second-order valence-electron chi connectivity index (χ2n) is 8.21. The predicted octanol–water partition coefficient (Wildman–Crippen LogP) is 5.02. The van der Waals surface area contributed by atoms with E-state index in [1.54, 1.807) is 48.5 Å². The summed E-state index contributed by atoms with van der Waals surface area (Å²) in [6, 6.07) is 10.0. The molecule has 5 rings (SSSR count). The number of rotatable bonds is 6. The van der Waals surface area contributed by atoms with E-state index in [2.05, 4.69) is 40.4 Å². The van der Waals surface area contributed by atoms with Crippen LogP contribution in [0.1, 0.15) is 15.9 Å². The van der Waals surface area contributed by atoms with Gasteiger partial charge in [-0.25, -0.2) is 19.9 Å². The molecule has 10 nitrogen and oxygen atoms in total. The Morgan fingerprint density at radius 3 is 2.58 bits per heavy atom. The van der Waals surface area contributed by atoms with Crippen LogP contribution in [0.25, 0.3) is 22.4 Å². The lowest BCUT2D eigenvalue weighted by atomic mass is 10.1. The van der Waals surface area contributed by atoms with Crippen molar-refractivity contribution in [3.63, 3.8) is 0 Å². The summed E-state index contributed by atoms with van der Waals surface area (Å²) in [6.07, 6.45) is 1.39. The van der Waals surface area contributed by atoms with E-state index in [0.717, 1.165) is 17.7 Å². The molecule has 38 heavy (non-hydrogen) atoms. The van der Waals surface area contributed by atoms with E-state index in [1.165, 1.54) is 18.5 Å². The molecule has 0 saturated carbocycles. The second kappa shape index (κ2) is 9.76. The van der Waals surface area contributed by atoms with E-state index in [9.17, 15) is 18.0 Å². The third-order valence-electron chi connectivity index (χ3n) is 5.49. The molecule has 0 atom stereocenters. The fourth-order valence-corrected chi connectivity index (χ4v) is 3.66. The highest BCUT2D eigenvalue weighted by Gasteiger charge is 2.31. The van der Waals surface area contributed by atoms with Crippen molar-refractivity contribution in [2.24, 2.45) is 7.05 Å². The summed E-state index contributed by atoms with van der Waals surface area (Å²) in [6.45, 7) is 1.86. The zero-order chi connectivity index (χ0) is 26.9. The van der Waals surface area contributed by atoms with Gasteiger partial charge in [-0.05, 0) is 36.8 Å². The minimum Gasteiger partial charge on any atom is -0.406 e. The Balaban J connectivity index is 1.44. The van der Waals surface area contributed by atoms with E-state index < -0.39 is 18.0 Å². The molecule has 0 aliphatic heterocycles. The number of nitrogens with one attached hydrogen (secondary N) is 2. The second-order valence-corrected chi connectivity index (χ2v) is 8.21. The minimum absolute atomic E-state index is 0.148. The number of anilines is 3. The van der Waals surface area contributed by atoms with Crippen LogP contribution in [0.3, 0.4) is 0 Å². The monoisotopic (exact) mass is 520 g/mol. The molecule has 0 radical (unpaired) electrons. The van der Waals surface area contributed by atoms with Crippen LogP contribution < -0.4 is 15.4 Å². The maximum absolute atomic E-state index is 12.9. The van der Waals surface area contributed by atoms with Crippen LogP contribution in [0.2, 0.25) is 0 Å². The first-order chi connectivity index (χ1) is 18.2. The van der Waals surface area contributed by atoms with Crippen molar-refractivity contribution in [2.75, 3.05) is 10.6 Å². The highest BCUT2D eigenvalue weighted by Crippen LogP contribution is 2.29. The molecule has 0 aliphatic rings. The van der Waals surface area contributed by atoms with Gasteiger partial charge in [0.25, 0.3) is 5.91 Å². The summed E-state index contributed by atoms with van der Waals surface area (Å²) in [7, 11) is 1.76. The molecule has 2 aromatic carbocycles. The van der Waals surface area contributed by atoms with E-state index in [1.807, 2.05) is 6.92 Å². The van der Waals surface area contributed by atoms with Gasteiger partial charge >= 0.3 is 6.36 Å². The molecule has 13 heteroatoms. The summed E-state index contributed by atoms with van der Waals surface area (Å²) >= 11 is 0. The van der Waals surface area contributed by atoms with Crippen LogP contribution in [0.5, 0.6) is 5.75 Å². The highest BCUT2D eigenvalue weighted by atomic mass is 19.4. The lowest BCUT2D eigenvalue weighted by Crippen LogP contribution is -2.17. The third-order valence-corrected chi connectivity index (χ3v) is 5.49. The van der Waals surface area contributed by atoms with Crippen molar-refractivity contribution < 1.29 is 22.7 Å². The lowest BCUT2D eigenvalue weighted by molar-refractivity contribution is -0.274. The Morgan fingerprint density at radius 2 is 1.82 bits per heavy atom. The average Bonchev–Trinajstić information content (AvgIpc) is 3.26. The first kappa shape index (κ1) is 24.6. The summed E-state index contributed by atoms with van der Waals surface area (Å²) in [5.74, 6) is -0.115. The van der Waals surface area contributed by atoms with E-state index >= 15 is 0 Å². The average molecular weight is 520 g/mol. The quantitative estimate of drug-likeness (QED) is 0.320. The molecule has 192 valence electrons. The number of ether oxygens (including phenoxy) is 1. The molecule has 3 aromatic heterocycles. The van der Waals surface area contributed by atoms with E-state index in [0.29, 0.717) is 33.9 Å². The minimum atomic E-state index is -4.84. The van der Waals surface area contributed by atoms with Crippen molar-refractivity contribution in [3.8, 4) is 17.1 Å². The molecule has 0 fully saturated rings. The van der Waals surface area contributed by atoms with Gasteiger partial charge in [-0.3, -0.25) is 9.48 Å². The van der Waals surface area contributed by atoms with E-state index in [4.69, 9.17) is 0 Å². The SMILES string of the molecule is Cc1ccc(C(=O)Nc2cccc(OC(F)(F)F)c2)cc1Nc1nc(-c2cncnc2)nc2c1cnn2C. The molecule has 3 heterocycles. The smallest absolute Gasteiger partial charge is 0.406 e. The Kier molecular flexibility index (Phi) is 6.33. The van der Waals surface area contributed by atoms with Crippen LogP contribution in [0, 0.1) is 6.92 Å². The van der Waals surface area contributed by atoms with Crippen LogP contribution in [0.4, 0.5) is 30.4 Å². The van der Waals surface area contributed by atoms with Gasteiger partial charge in [0, 0.05) is 42.4 Å². The Hall–Kier alpha value is -5.07. The number of aryl methyl sites for hydroxylation is 2. The van der Waals surface area contributed by atoms with Gasteiger partial charge in [-0.1, -0.05) is 12.1 Å². The molecule has 1 amide bonds. The van der Waals surface area contributed by atoms with Gasteiger partial charge in [-0.2, -0.15) is 5.10 Å². The number of benzene rings is 2. The van der Waals surface area contributed by atoms with Gasteiger partial charge in [0.15, 0.2) is 11.5 Å². The summed E-state index contributed by atoms with van der Waals surface area (Å²) in [5, 5.41) is 10.8. The Bertz CT molecular complexity index is 1640. The molecule has 0 bridgehead atoms. The van der Waals surface area contributed by atoms with Crippen molar-refractivity contribution in [1.82, 2.24) is 29.7 Å². The van der Waals surface area contributed by atoms with Crippen molar-refractivity contribution in [1.29, 1.82) is 0 Å². The zero-order valence-corrected chi connectivity index (χ0v) is 20.0. The van der Waals surface area contributed by atoms with Crippen molar-refractivity contribution in [3.05, 3.63) is 78.5 Å². The normalized spacial score (nSPS) is 11.4. The number of hydrogen-bond acceptors (Lipinski definition) is 8. The van der Waals surface area contributed by atoms with Gasteiger partial charge in [0.05, 0.1) is 17.1 Å². The number of aromatic nitrogens is 6. The summed E-state index contributed by atoms with van der Waals surface area (Å²) in [5.41, 5.74) is 3.02. The van der Waals surface area contributed by atoms with Crippen LogP contribution in [0.15, 0.2) is 67.4 Å². The number of hydrogen-bond donors (Lipinski definition) is 2. The van der Waals surface area contributed by atoms with E-state index in [-0.39, 0.29) is 11.3 Å². The molecule has 0 saturated heterocycles. The topological polar surface area (TPSA) is 120 Å². The van der Waals surface area contributed by atoms with Crippen LogP contribution in [-0.4, -0.2) is 42.0 Å². The number of carbonyl (C=O) groups is 1.